The highest BCUT2D eigenvalue weighted by Gasteiger charge is 2.47. The van der Waals surface area contributed by atoms with E-state index in [1.807, 2.05) is 38.2 Å². The van der Waals surface area contributed by atoms with E-state index in [0.29, 0.717) is 97.2 Å². The summed E-state index contributed by atoms with van der Waals surface area (Å²) in [7, 11) is -8.96. The quantitative estimate of drug-likeness (QED) is 0.0563. The fourth-order valence-corrected chi connectivity index (χ4v) is 18.5. The molecule has 0 aliphatic heterocycles. The van der Waals surface area contributed by atoms with Gasteiger partial charge in [-0.1, -0.05) is 89.0 Å². The van der Waals surface area contributed by atoms with Gasteiger partial charge >= 0.3 is 0 Å². The smallest absolute Gasteiger partial charge is 0.199 e. The number of fused-ring (bicyclic) bond motifs is 2. The summed E-state index contributed by atoms with van der Waals surface area (Å²) in [4.78, 5) is 40.1. The molecule has 0 saturated carbocycles. The van der Waals surface area contributed by atoms with Gasteiger partial charge in [0.1, 0.15) is 24.5 Å². The molecular formula is C57H62Cl2N4O10S2Si. The second-order valence-electron chi connectivity index (χ2n) is 19.2. The van der Waals surface area contributed by atoms with Crippen molar-refractivity contribution in [2.45, 2.75) is 95.0 Å². The molecule has 0 amide bonds. The molecule has 8 rings (SSSR count). The summed E-state index contributed by atoms with van der Waals surface area (Å²) in [5.74, 6) is 1.06. The first-order valence-corrected chi connectivity index (χ1v) is 31.5. The Bertz CT molecular complexity index is 3650. The lowest BCUT2D eigenvalue weighted by Crippen LogP contribution is -2.51. The Hall–Kier alpha value is -6.50. The average molecular weight is 1130 g/mol. The van der Waals surface area contributed by atoms with Crippen molar-refractivity contribution in [2.24, 2.45) is 0 Å². The molecule has 0 radical (unpaired) electrons. The minimum Gasteiger partial charge on any atom is -0.489 e. The number of sulfone groups is 2. The first-order valence-electron chi connectivity index (χ1n) is 24.8. The second kappa shape index (κ2) is 23.8. The van der Waals surface area contributed by atoms with Crippen LogP contribution in [0.4, 0.5) is 0 Å². The van der Waals surface area contributed by atoms with Gasteiger partial charge in [0.05, 0.1) is 34.1 Å². The molecule has 0 saturated heterocycles. The minimum absolute atomic E-state index is 0.0646. The lowest BCUT2D eigenvalue weighted by molar-refractivity contribution is 0.102. The van der Waals surface area contributed by atoms with Gasteiger partial charge in [-0.25, -0.2) is 26.8 Å². The van der Waals surface area contributed by atoms with Crippen molar-refractivity contribution in [2.75, 3.05) is 25.7 Å². The Labute approximate surface area is 455 Å². The summed E-state index contributed by atoms with van der Waals surface area (Å²) < 4.78 is 73.5. The summed E-state index contributed by atoms with van der Waals surface area (Å²) in [6.45, 7) is 18.2. The van der Waals surface area contributed by atoms with E-state index in [1.54, 1.807) is 73.2 Å². The molecule has 19 heteroatoms. The average Bonchev–Trinajstić information content (AvgIpc) is 3.98. The van der Waals surface area contributed by atoms with Gasteiger partial charge in [0.2, 0.25) is 0 Å². The van der Waals surface area contributed by atoms with Crippen molar-refractivity contribution in [1.29, 1.82) is 0 Å². The molecule has 14 nitrogen and oxygen atoms in total. The van der Waals surface area contributed by atoms with Crippen LogP contribution in [0.3, 0.4) is 0 Å². The van der Waals surface area contributed by atoms with Crippen molar-refractivity contribution < 1.29 is 45.4 Å². The first kappa shape index (κ1) is 57.2. The van der Waals surface area contributed by atoms with Crippen LogP contribution in [-0.2, 0) is 32.9 Å². The summed E-state index contributed by atoms with van der Waals surface area (Å²) in [6.07, 6.45) is 9.36. The molecule has 0 unspecified atom stereocenters. The van der Waals surface area contributed by atoms with E-state index >= 15 is 0 Å². The number of hydrogen-bond acceptors (Lipinski definition) is 12. The number of H-pyrrole nitrogens is 1. The second-order valence-corrected chi connectivity index (χ2v) is 29.7. The predicted octanol–water partition coefficient (Wildman–Crippen LogP) is 13.2. The minimum atomic E-state index is -3.39. The number of aromatic nitrogens is 4. The summed E-state index contributed by atoms with van der Waals surface area (Å²) in [5, 5.41) is 2.09. The van der Waals surface area contributed by atoms with Gasteiger partial charge in [-0.2, -0.15) is 0 Å². The molecular weight excluding hydrogens is 1060 g/mol. The zero-order valence-electron chi connectivity index (χ0n) is 44.1. The van der Waals surface area contributed by atoms with Crippen LogP contribution in [0.1, 0.15) is 98.4 Å². The van der Waals surface area contributed by atoms with Gasteiger partial charge in [0.15, 0.2) is 62.5 Å². The van der Waals surface area contributed by atoms with Crippen molar-refractivity contribution in [3.05, 3.63) is 165 Å². The summed E-state index contributed by atoms with van der Waals surface area (Å²) in [5.41, 5.74) is 5.75. The normalized spacial score (nSPS) is 12.0. The molecule has 0 aliphatic carbocycles. The zero-order chi connectivity index (χ0) is 55.3. The Morgan fingerprint density at radius 2 is 1.05 bits per heavy atom. The Morgan fingerprint density at radius 1 is 0.592 bits per heavy atom. The highest BCUT2D eigenvalue weighted by Crippen LogP contribution is 2.45. The Morgan fingerprint density at radius 3 is 1.50 bits per heavy atom. The third-order valence-electron chi connectivity index (χ3n) is 13.4. The largest absolute Gasteiger partial charge is 0.489 e. The molecule has 400 valence electrons. The lowest BCUT2D eigenvalue weighted by Gasteiger charge is -2.44. The molecule has 4 heterocycles. The van der Waals surface area contributed by atoms with Crippen LogP contribution in [0.2, 0.25) is 26.7 Å². The first-order chi connectivity index (χ1) is 36.0. The number of ether oxygens (including phenoxy) is 4. The van der Waals surface area contributed by atoms with Crippen molar-refractivity contribution in [1.82, 2.24) is 19.2 Å². The highest BCUT2D eigenvalue weighted by molar-refractivity contribution is 7.91. The summed E-state index contributed by atoms with van der Waals surface area (Å²) in [6, 6.07) is 26.8. The third kappa shape index (κ3) is 11.9. The van der Waals surface area contributed by atoms with Crippen molar-refractivity contribution in [3.63, 3.8) is 0 Å². The van der Waals surface area contributed by atoms with Gasteiger partial charge in [0, 0.05) is 80.4 Å². The number of hydrogen-bond donors (Lipinski definition) is 1. The number of carbonyl (C=O) groups is 2. The van der Waals surface area contributed by atoms with Crippen LogP contribution in [0.5, 0.6) is 23.0 Å². The molecule has 0 aliphatic rings. The van der Waals surface area contributed by atoms with Gasteiger partial charge < -0.3 is 28.2 Å². The number of ketones is 2. The molecule has 0 atom stereocenters. The number of nitrogens with zero attached hydrogens (tertiary/aromatic N) is 3. The van der Waals surface area contributed by atoms with Crippen LogP contribution in [-0.4, -0.2) is 81.5 Å². The monoisotopic (exact) mass is 1120 g/mol. The lowest BCUT2D eigenvalue weighted by atomic mass is 10.0. The fourth-order valence-electron chi connectivity index (χ4n) is 10.1. The van der Waals surface area contributed by atoms with Crippen LogP contribution >= 0.6 is 23.2 Å². The van der Waals surface area contributed by atoms with Crippen molar-refractivity contribution >= 4 is 84.7 Å². The Balaban J connectivity index is 0.000000229. The van der Waals surface area contributed by atoms with E-state index in [1.165, 1.54) is 24.3 Å². The number of nitrogens with one attached hydrogen (secondary N) is 1. The number of para-hydroxylation sites is 2. The molecule has 4 aromatic heterocycles. The molecule has 1 N–H and O–H groups in total. The van der Waals surface area contributed by atoms with Gasteiger partial charge in [-0.3, -0.25) is 9.59 Å². The maximum atomic E-state index is 14.4. The van der Waals surface area contributed by atoms with E-state index in [2.05, 4.69) is 55.7 Å². The molecule has 0 fully saturated rings. The van der Waals surface area contributed by atoms with Gasteiger partial charge in [-0.05, 0) is 103 Å². The van der Waals surface area contributed by atoms with Crippen LogP contribution in [0.25, 0.3) is 22.1 Å². The number of pyridine rings is 2. The molecule has 76 heavy (non-hydrogen) atoms. The molecule has 8 aromatic rings. The van der Waals surface area contributed by atoms with Crippen molar-refractivity contribution in [3.8, 4) is 23.0 Å². The number of aromatic amines is 1. The van der Waals surface area contributed by atoms with Gasteiger partial charge in [0.25, 0.3) is 0 Å². The highest BCUT2D eigenvalue weighted by atomic mass is 35.5. The molecule has 4 aromatic carbocycles. The SMILES string of the molecule is CCOc1c(OCc2ccc(S(C)(=O)=O)cc2Cl)cccc1C(=O)c1c[nH]c2ncccc12.CCOc1c(OCc2ccc(S(C)(=O)=O)cc2Cl)cccc1C(=O)c1cn([Si](C(C)C)(C(C)C)C(C)C)c2ncccc12. The standard InChI is InChI=1S/C33H41ClN2O5SSi.C24H21ClN2O5S/c1-9-40-32-27(12-10-14-30(32)41-20-24-15-16-25(18-29(24)34)42(8,38)39)31(37)28-19-36(33-26(28)13-11-17-35-33)43(21(2)3,22(4)5)23(6)7;1-3-31-23-18(22(28)19-13-27-24-17(19)7-5-11-26-24)6-4-8-21(23)32-14-15-9-10-16(12-20(15)25)33(2,29)30/h10-19,21-23H,9,20H2,1-8H3;4-13H,3,14H2,1-2H3,(H,26,27). The molecule has 0 spiro atoms. The van der Waals surface area contributed by atoms with E-state index in [4.69, 9.17) is 47.1 Å². The maximum Gasteiger partial charge on any atom is 0.199 e. The van der Waals surface area contributed by atoms with E-state index in [9.17, 15) is 26.4 Å². The van der Waals surface area contributed by atoms with E-state index in [0.717, 1.165) is 23.5 Å². The number of rotatable bonds is 20. The van der Waals surface area contributed by atoms with Crippen LogP contribution in [0.15, 0.2) is 132 Å². The van der Waals surface area contributed by atoms with Crippen LogP contribution in [0, 0.1) is 0 Å². The number of halogens is 2. The molecule has 0 bridgehead atoms. The predicted molar refractivity (Wildman–Crippen MR) is 302 cm³/mol. The van der Waals surface area contributed by atoms with E-state index in [-0.39, 0.29) is 44.6 Å². The summed E-state index contributed by atoms with van der Waals surface area (Å²) >= 11 is 12.7. The maximum absolute atomic E-state index is 14.4. The Kier molecular flexibility index (Phi) is 17.9. The van der Waals surface area contributed by atoms with E-state index < -0.39 is 27.9 Å². The zero-order valence-corrected chi connectivity index (χ0v) is 48.2. The van der Waals surface area contributed by atoms with Crippen LogP contribution < -0.4 is 18.9 Å². The number of carbonyl (C=O) groups excluding carboxylic acids is 2. The topological polar surface area (TPSA) is 186 Å². The third-order valence-corrected chi connectivity index (χ3v) is 23.0. The fraction of sp³-hybridized carbons (Fsp3) is 0.298. The van der Waals surface area contributed by atoms with Gasteiger partial charge in [-0.15, -0.1) is 0 Å². The number of benzene rings is 4.